The maximum Gasteiger partial charge on any atom is 0.187 e. The van der Waals surface area contributed by atoms with Crippen LogP contribution in [0.4, 0.5) is 10.1 Å². The van der Waals surface area contributed by atoms with Gasteiger partial charge in [0.25, 0.3) is 0 Å². The molecule has 0 radical (unpaired) electrons. The molecular formula is C11H17N3S. The topological polar surface area (TPSA) is 42.1 Å². The van der Waals surface area contributed by atoms with E-state index < -0.39 is 0 Å². The summed E-state index contributed by atoms with van der Waals surface area (Å²) in [4.78, 5) is 6.85. The molecule has 0 aliphatic heterocycles. The fraction of sp³-hybridized carbons (Fsp3) is 0.727. The average Bonchev–Trinajstić information content (AvgIpc) is 3.11. The lowest BCUT2D eigenvalue weighted by atomic mass is 10.3. The second-order valence-corrected chi connectivity index (χ2v) is 5.88. The lowest BCUT2D eigenvalue weighted by molar-refractivity contribution is 0.677. The minimum atomic E-state index is 0.835. The van der Waals surface area contributed by atoms with E-state index in [0.717, 1.165) is 22.0 Å². The van der Waals surface area contributed by atoms with Crippen molar-refractivity contribution in [2.24, 2.45) is 11.8 Å². The highest BCUT2D eigenvalue weighted by molar-refractivity contribution is 7.19. The molecule has 2 saturated carbocycles. The van der Waals surface area contributed by atoms with E-state index in [1.165, 1.54) is 38.8 Å². The van der Waals surface area contributed by atoms with Gasteiger partial charge in [-0.15, -0.1) is 0 Å². The Kier molecular flexibility index (Phi) is 2.31. The molecule has 3 nitrogen and oxygen atoms in total. The predicted octanol–water partition coefficient (Wildman–Crippen LogP) is 2.35. The Bertz CT molecular complexity index is 327. The summed E-state index contributed by atoms with van der Waals surface area (Å²) in [6.07, 6.45) is 7.40. The monoisotopic (exact) mass is 223 g/mol. The summed E-state index contributed by atoms with van der Waals surface area (Å²) < 4.78 is 0. The van der Waals surface area contributed by atoms with Crippen LogP contribution in [0.15, 0.2) is 6.20 Å². The predicted molar refractivity (Wildman–Crippen MR) is 64.2 cm³/mol. The highest BCUT2D eigenvalue weighted by Gasteiger charge is 2.30. The van der Waals surface area contributed by atoms with Gasteiger partial charge in [-0.1, -0.05) is 11.3 Å². The molecule has 2 fully saturated rings. The van der Waals surface area contributed by atoms with E-state index in [2.05, 4.69) is 9.88 Å². The first kappa shape index (κ1) is 9.46. The molecule has 15 heavy (non-hydrogen) atoms. The lowest BCUT2D eigenvalue weighted by Crippen LogP contribution is -2.27. The molecule has 2 N–H and O–H groups in total. The number of anilines is 2. The Balaban J connectivity index is 1.68. The highest BCUT2D eigenvalue weighted by Crippen LogP contribution is 2.37. The van der Waals surface area contributed by atoms with Crippen molar-refractivity contribution in [1.29, 1.82) is 0 Å². The van der Waals surface area contributed by atoms with Gasteiger partial charge >= 0.3 is 0 Å². The average molecular weight is 223 g/mol. The second-order valence-electron chi connectivity index (χ2n) is 4.84. The molecule has 0 bridgehead atoms. The van der Waals surface area contributed by atoms with E-state index in [1.54, 1.807) is 17.5 Å². The molecule has 0 saturated heterocycles. The summed E-state index contributed by atoms with van der Waals surface area (Å²) in [7, 11) is 0. The zero-order chi connectivity index (χ0) is 10.3. The Labute approximate surface area is 94.3 Å². The maximum atomic E-state index is 5.74. The van der Waals surface area contributed by atoms with Crippen molar-refractivity contribution in [2.75, 3.05) is 23.7 Å². The van der Waals surface area contributed by atoms with Crippen LogP contribution in [0.5, 0.6) is 0 Å². The molecule has 1 heterocycles. The Morgan fingerprint density at radius 3 is 2.27 bits per heavy atom. The van der Waals surface area contributed by atoms with Gasteiger partial charge in [0.15, 0.2) is 5.13 Å². The fourth-order valence-corrected chi connectivity index (χ4v) is 2.58. The van der Waals surface area contributed by atoms with Crippen molar-refractivity contribution in [3.05, 3.63) is 6.20 Å². The van der Waals surface area contributed by atoms with Gasteiger partial charge in [0, 0.05) is 13.1 Å². The highest BCUT2D eigenvalue weighted by atomic mass is 32.1. The van der Waals surface area contributed by atoms with Gasteiger partial charge in [0.2, 0.25) is 0 Å². The Morgan fingerprint density at radius 2 is 1.87 bits per heavy atom. The van der Waals surface area contributed by atoms with Crippen molar-refractivity contribution in [3.8, 4) is 0 Å². The van der Waals surface area contributed by atoms with E-state index in [9.17, 15) is 0 Å². The van der Waals surface area contributed by atoms with Crippen molar-refractivity contribution in [3.63, 3.8) is 0 Å². The quantitative estimate of drug-likeness (QED) is 0.833. The molecule has 0 atom stereocenters. The minimum Gasteiger partial charge on any atom is -0.389 e. The smallest absolute Gasteiger partial charge is 0.187 e. The van der Waals surface area contributed by atoms with E-state index in [-0.39, 0.29) is 0 Å². The van der Waals surface area contributed by atoms with Crippen LogP contribution in [0, 0.1) is 11.8 Å². The van der Waals surface area contributed by atoms with E-state index in [1.807, 2.05) is 0 Å². The Hall–Kier alpha value is -0.770. The van der Waals surface area contributed by atoms with Crippen LogP contribution in [0.1, 0.15) is 25.7 Å². The third kappa shape index (κ3) is 2.43. The van der Waals surface area contributed by atoms with Crippen molar-refractivity contribution in [1.82, 2.24) is 4.98 Å². The fourth-order valence-electron chi connectivity index (χ4n) is 1.88. The van der Waals surface area contributed by atoms with Crippen LogP contribution in [0.25, 0.3) is 0 Å². The molecule has 0 unspecified atom stereocenters. The number of thiazole rings is 1. The molecule has 1 aromatic heterocycles. The van der Waals surface area contributed by atoms with Crippen LogP contribution in [-0.2, 0) is 0 Å². The molecule has 82 valence electrons. The van der Waals surface area contributed by atoms with Crippen LogP contribution in [0.3, 0.4) is 0 Å². The van der Waals surface area contributed by atoms with Gasteiger partial charge in [-0.25, -0.2) is 4.98 Å². The minimum absolute atomic E-state index is 0.835. The lowest BCUT2D eigenvalue weighted by Gasteiger charge is -2.21. The maximum absolute atomic E-state index is 5.74. The molecule has 1 aromatic rings. The Morgan fingerprint density at radius 1 is 1.27 bits per heavy atom. The third-order valence-electron chi connectivity index (χ3n) is 3.13. The van der Waals surface area contributed by atoms with Gasteiger partial charge in [-0.3, -0.25) is 0 Å². The number of nitrogen functional groups attached to an aromatic ring is 1. The van der Waals surface area contributed by atoms with E-state index in [0.29, 0.717) is 0 Å². The summed E-state index contributed by atoms with van der Waals surface area (Å²) >= 11 is 1.63. The number of nitrogens with two attached hydrogens (primary N) is 1. The largest absolute Gasteiger partial charge is 0.389 e. The summed E-state index contributed by atoms with van der Waals surface area (Å²) in [6.45, 7) is 2.40. The summed E-state index contributed by atoms with van der Waals surface area (Å²) in [5, 5.41) is 1.97. The van der Waals surface area contributed by atoms with Crippen molar-refractivity contribution in [2.45, 2.75) is 25.7 Å². The number of hydrogen-bond donors (Lipinski definition) is 1. The van der Waals surface area contributed by atoms with Crippen molar-refractivity contribution >= 4 is 21.5 Å². The molecule has 2 aliphatic rings. The first-order chi connectivity index (χ1) is 7.31. The molecular weight excluding hydrogens is 206 g/mol. The SMILES string of the molecule is Nc1cnc(N(CC2CC2)CC2CC2)s1. The first-order valence-corrected chi connectivity index (χ1v) is 6.59. The van der Waals surface area contributed by atoms with Crippen LogP contribution in [0.2, 0.25) is 0 Å². The molecule has 2 aliphatic carbocycles. The van der Waals surface area contributed by atoms with Gasteiger partial charge in [-0.2, -0.15) is 0 Å². The second kappa shape index (κ2) is 3.67. The molecule has 0 aromatic carbocycles. The normalized spacial score (nSPS) is 20.5. The standard InChI is InChI=1S/C11H17N3S/c12-10-5-13-11(15-10)14(6-8-1-2-8)7-9-3-4-9/h5,8-9H,1-4,6-7,12H2. The van der Waals surface area contributed by atoms with E-state index >= 15 is 0 Å². The van der Waals surface area contributed by atoms with Crippen LogP contribution < -0.4 is 10.6 Å². The number of rotatable bonds is 5. The summed E-state index contributed by atoms with van der Waals surface area (Å²) in [5.74, 6) is 1.85. The molecule has 4 heteroatoms. The summed E-state index contributed by atoms with van der Waals surface area (Å²) in [5.41, 5.74) is 5.74. The zero-order valence-electron chi connectivity index (χ0n) is 8.85. The number of nitrogens with zero attached hydrogens (tertiary/aromatic N) is 2. The van der Waals surface area contributed by atoms with Gasteiger partial charge in [0.05, 0.1) is 6.20 Å². The summed E-state index contributed by atoms with van der Waals surface area (Å²) in [6, 6.07) is 0. The van der Waals surface area contributed by atoms with Crippen LogP contribution >= 0.6 is 11.3 Å². The number of aromatic nitrogens is 1. The van der Waals surface area contributed by atoms with Gasteiger partial charge in [0.1, 0.15) is 5.00 Å². The first-order valence-electron chi connectivity index (χ1n) is 5.77. The van der Waals surface area contributed by atoms with Gasteiger partial charge < -0.3 is 10.6 Å². The van der Waals surface area contributed by atoms with Crippen LogP contribution in [-0.4, -0.2) is 18.1 Å². The van der Waals surface area contributed by atoms with Gasteiger partial charge in [-0.05, 0) is 37.5 Å². The molecule has 0 spiro atoms. The molecule has 0 amide bonds. The van der Waals surface area contributed by atoms with Crippen molar-refractivity contribution < 1.29 is 0 Å². The number of hydrogen-bond acceptors (Lipinski definition) is 4. The molecule has 3 rings (SSSR count). The van der Waals surface area contributed by atoms with E-state index in [4.69, 9.17) is 5.73 Å². The zero-order valence-corrected chi connectivity index (χ0v) is 9.67. The third-order valence-corrected chi connectivity index (χ3v) is 4.02.